The lowest BCUT2D eigenvalue weighted by Gasteiger charge is -1.90. The molecule has 0 saturated heterocycles. The van der Waals surface area contributed by atoms with Crippen LogP contribution in [0, 0.1) is 10.1 Å². The van der Waals surface area contributed by atoms with Gasteiger partial charge in [0.1, 0.15) is 4.92 Å². The van der Waals surface area contributed by atoms with Gasteiger partial charge in [0.05, 0.1) is 11.1 Å². The van der Waals surface area contributed by atoms with Crippen LogP contribution in [0.3, 0.4) is 0 Å². The van der Waals surface area contributed by atoms with Crippen LogP contribution in [0.5, 0.6) is 0 Å². The summed E-state index contributed by atoms with van der Waals surface area (Å²) in [6.45, 7) is 0. The highest BCUT2D eigenvalue weighted by atomic mass is 32.2. The number of hydrogen-bond donors (Lipinski definition) is 0. The van der Waals surface area contributed by atoms with Gasteiger partial charge in [-0.25, -0.2) is 0 Å². The maximum absolute atomic E-state index is 10.3. The zero-order valence-corrected chi connectivity index (χ0v) is 8.17. The minimum atomic E-state index is -0.612. The third-order valence-corrected chi connectivity index (χ3v) is 2.45. The van der Waals surface area contributed by atoms with Crippen LogP contribution < -0.4 is 0 Å². The fraction of sp³-hybridized carbons (Fsp3) is 0. The third kappa shape index (κ3) is 1.56. The van der Waals surface area contributed by atoms with Crippen molar-refractivity contribution in [3.05, 3.63) is 22.2 Å². The Morgan fingerprint density at radius 1 is 1.50 bits per heavy atom. The first kappa shape index (κ1) is 9.03. The summed E-state index contributed by atoms with van der Waals surface area (Å²) in [6, 6.07) is 2.73. The SMILES string of the molecule is O=[N+]([O-])c1ccc(-c2nnc([S-])s2)o1. The number of furan rings is 1. The molecule has 0 amide bonds. The molecule has 2 aromatic rings. The van der Waals surface area contributed by atoms with Gasteiger partial charge in [0.2, 0.25) is 0 Å². The molecule has 0 aliphatic carbocycles. The fourth-order valence-electron chi connectivity index (χ4n) is 0.850. The summed E-state index contributed by atoms with van der Waals surface area (Å²) in [4.78, 5) is 9.70. The summed E-state index contributed by atoms with van der Waals surface area (Å²) in [6.07, 6.45) is 0. The molecule has 0 aliphatic rings. The van der Waals surface area contributed by atoms with Crippen LogP contribution in [0.4, 0.5) is 5.88 Å². The lowest BCUT2D eigenvalue weighted by molar-refractivity contribution is -0.401. The van der Waals surface area contributed by atoms with Gasteiger partial charge in [0.15, 0.2) is 5.76 Å². The van der Waals surface area contributed by atoms with Crippen LogP contribution in [0.25, 0.3) is 10.8 Å². The molecule has 14 heavy (non-hydrogen) atoms. The van der Waals surface area contributed by atoms with Gasteiger partial charge in [0.25, 0.3) is 0 Å². The zero-order chi connectivity index (χ0) is 10.1. The average Bonchev–Trinajstić information content (AvgIpc) is 2.70. The molecule has 72 valence electrons. The number of rotatable bonds is 2. The van der Waals surface area contributed by atoms with Gasteiger partial charge in [-0.2, -0.15) is 10.2 Å². The first-order valence-corrected chi connectivity index (χ1v) is 4.64. The van der Waals surface area contributed by atoms with Gasteiger partial charge in [0, 0.05) is 0 Å². The lowest BCUT2D eigenvalue weighted by Crippen LogP contribution is -1.82. The molecule has 2 aromatic heterocycles. The molecule has 0 atom stereocenters. The van der Waals surface area contributed by atoms with E-state index >= 15 is 0 Å². The fourth-order valence-corrected chi connectivity index (χ4v) is 1.67. The van der Waals surface area contributed by atoms with Crippen LogP contribution in [0.1, 0.15) is 0 Å². The summed E-state index contributed by atoms with van der Waals surface area (Å²) in [5, 5.41) is 18.1. The minimum Gasteiger partial charge on any atom is -0.406 e. The van der Waals surface area contributed by atoms with Crippen molar-refractivity contribution >= 4 is 29.8 Å². The van der Waals surface area contributed by atoms with Crippen molar-refractivity contribution in [2.45, 2.75) is 4.34 Å². The van der Waals surface area contributed by atoms with E-state index in [-0.39, 0.29) is 5.88 Å². The van der Waals surface area contributed by atoms with Crippen molar-refractivity contribution in [2.75, 3.05) is 0 Å². The quantitative estimate of drug-likeness (QED) is 0.441. The van der Waals surface area contributed by atoms with Crippen LogP contribution >= 0.6 is 11.3 Å². The highest BCUT2D eigenvalue weighted by Crippen LogP contribution is 2.27. The maximum Gasteiger partial charge on any atom is 0.433 e. The zero-order valence-electron chi connectivity index (χ0n) is 6.54. The molecule has 0 aromatic carbocycles. The standard InChI is InChI=1S/C6H3N3O3S2/c10-9(11)4-2-1-3(12-4)5-7-8-6(13)14-5/h1-2H,(H,8,13)/p-1. The van der Waals surface area contributed by atoms with Gasteiger partial charge < -0.3 is 28.4 Å². The molecule has 0 N–H and O–H groups in total. The molecule has 6 nitrogen and oxygen atoms in total. The van der Waals surface area contributed by atoms with Crippen LogP contribution in [0.2, 0.25) is 0 Å². The second-order valence-corrected chi connectivity index (χ2v) is 3.89. The molecule has 0 spiro atoms. The van der Waals surface area contributed by atoms with E-state index in [2.05, 4.69) is 10.2 Å². The molecule has 0 aliphatic heterocycles. The Morgan fingerprint density at radius 3 is 2.79 bits per heavy atom. The van der Waals surface area contributed by atoms with E-state index in [0.717, 1.165) is 11.3 Å². The topological polar surface area (TPSA) is 82.1 Å². The Labute approximate surface area is 87.1 Å². The van der Waals surface area contributed by atoms with E-state index in [9.17, 15) is 10.1 Å². The predicted molar refractivity (Wildman–Crippen MR) is 49.9 cm³/mol. The monoisotopic (exact) mass is 228 g/mol. The highest BCUT2D eigenvalue weighted by molar-refractivity contribution is 7.62. The Morgan fingerprint density at radius 2 is 2.29 bits per heavy atom. The minimum absolute atomic E-state index is 0.310. The summed E-state index contributed by atoms with van der Waals surface area (Å²) < 4.78 is 5.28. The molecular formula is C6H2N3O3S2-. The number of hydrogen-bond acceptors (Lipinski definition) is 7. The van der Waals surface area contributed by atoms with Gasteiger partial charge in [-0.3, -0.25) is 10.1 Å². The van der Waals surface area contributed by atoms with E-state index in [4.69, 9.17) is 17.0 Å². The maximum atomic E-state index is 10.3. The summed E-state index contributed by atoms with van der Waals surface area (Å²) >= 11 is 5.90. The van der Waals surface area contributed by atoms with Crippen molar-refractivity contribution in [1.82, 2.24) is 10.2 Å². The Kier molecular flexibility index (Phi) is 2.14. The molecule has 2 rings (SSSR count). The second-order valence-electron chi connectivity index (χ2n) is 2.27. The van der Waals surface area contributed by atoms with E-state index in [1.54, 1.807) is 0 Å². The molecule has 0 fully saturated rings. The third-order valence-electron chi connectivity index (χ3n) is 1.39. The summed E-state index contributed by atoms with van der Waals surface area (Å²) in [5.74, 6) is -0.00795. The largest absolute Gasteiger partial charge is 0.433 e. The first-order valence-electron chi connectivity index (χ1n) is 3.42. The Balaban J connectivity index is 2.38. The van der Waals surface area contributed by atoms with Gasteiger partial charge >= 0.3 is 5.88 Å². The Bertz CT molecular complexity index is 478. The summed E-state index contributed by atoms with van der Waals surface area (Å²) in [5.41, 5.74) is 0. The lowest BCUT2D eigenvalue weighted by atomic mass is 10.5. The molecular weight excluding hydrogens is 226 g/mol. The predicted octanol–water partition coefficient (Wildman–Crippen LogP) is 1.61. The van der Waals surface area contributed by atoms with Crippen LogP contribution in [-0.2, 0) is 12.6 Å². The molecule has 2 heterocycles. The van der Waals surface area contributed by atoms with Crippen LogP contribution in [-0.4, -0.2) is 15.1 Å². The van der Waals surface area contributed by atoms with Crippen LogP contribution in [0.15, 0.2) is 20.9 Å². The molecule has 0 bridgehead atoms. The van der Waals surface area contributed by atoms with Crippen molar-refractivity contribution in [3.63, 3.8) is 0 Å². The van der Waals surface area contributed by atoms with Crippen molar-refractivity contribution in [2.24, 2.45) is 0 Å². The first-order chi connectivity index (χ1) is 6.66. The van der Waals surface area contributed by atoms with Crippen molar-refractivity contribution in [1.29, 1.82) is 0 Å². The van der Waals surface area contributed by atoms with Gasteiger partial charge in [-0.1, -0.05) is 0 Å². The van der Waals surface area contributed by atoms with E-state index in [0.29, 0.717) is 15.1 Å². The van der Waals surface area contributed by atoms with Gasteiger partial charge in [-0.05, 0) is 10.4 Å². The number of nitro groups is 1. The average molecular weight is 228 g/mol. The number of aromatic nitrogens is 2. The number of nitrogens with zero attached hydrogens (tertiary/aromatic N) is 3. The highest BCUT2D eigenvalue weighted by Gasteiger charge is 2.12. The van der Waals surface area contributed by atoms with E-state index in [1.165, 1.54) is 12.1 Å². The van der Waals surface area contributed by atoms with Gasteiger partial charge in [-0.15, -0.1) is 0 Å². The normalized spacial score (nSPS) is 10.3. The summed E-state index contributed by atoms with van der Waals surface area (Å²) in [7, 11) is 0. The molecule has 0 saturated carbocycles. The van der Waals surface area contributed by atoms with E-state index in [1.807, 2.05) is 0 Å². The van der Waals surface area contributed by atoms with Crippen molar-refractivity contribution < 1.29 is 9.34 Å². The smallest absolute Gasteiger partial charge is 0.406 e. The van der Waals surface area contributed by atoms with Crippen molar-refractivity contribution in [3.8, 4) is 10.8 Å². The Hall–Kier alpha value is -1.54. The molecule has 8 heteroatoms. The molecule has 0 unspecified atom stereocenters. The van der Waals surface area contributed by atoms with E-state index < -0.39 is 4.92 Å². The second kappa shape index (κ2) is 3.31. The molecule has 0 radical (unpaired) electrons.